The molecule has 256 valence electrons. The Morgan fingerprint density at radius 1 is 0.857 bits per heavy atom. The van der Waals surface area contributed by atoms with Gasteiger partial charge in [-0.05, 0) is 94.0 Å². The first kappa shape index (κ1) is 35.1. The van der Waals surface area contributed by atoms with E-state index in [1.165, 1.54) is 12.7 Å². The molecule has 0 saturated carbocycles. The van der Waals surface area contributed by atoms with Crippen LogP contribution in [0.2, 0.25) is 0 Å². The van der Waals surface area contributed by atoms with Gasteiger partial charge in [0, 0.05) is 24.2 Å². The predicted molar refractivity (Wildman–Crippen MR) is 185 cm³/mol. The van der Waals surface area contributed by atoms with E-state index >= 15 is 0 Å². The first-order chi connectivity index (χ1) is 23.4. The van der Waals surface area contributed by atoms with Gasteiger partial charge in [-0.2, -0.15) is 5.10 Å². The molecule has 3 aromatic carbocycles. The molecule has 0 aliphatic carbocycles. The number of aromatic nitrogens is 2. The second-order valence-electron chi connectivity index (χ2n) is 13.0. The van der Waals surface area contributed by atoms with E-state index in [1.807, 2.05) is 18.2 Å². The Hall–Kier alpha value is -5.25. The van der Waals surface area contributed by atoms with Crippen LogP contribution in [-0.4, -0.2) is 64.4 Å². The van der Waals surface area contributed by atoms with Gasteiger partial charge in [0.15, 0.2) is 5.69 Å². The Morgan fingerprint density at radius 2 is 1.59 bits per heavy atom. The first-order valence-electron chi connectivity index (χ1n) is 16.7. The van der Waals surface area contributed by atoms with Crippen LogP contribution < -0.4 is 0 Å². The molecule has 0 radical (unpaired) electrons. The predicted octanol–water partition coefficient (Wildman–Crippen LogP) is 7.00. The fourth-order valence-electron chi connectivity index (χ4n) is 5.99. The van der Waals surface area contributed by atoms with Crippen molar-refractivity contribution in [1.29, 1.82) is 0 Å². The molecule has 5 rings (SSSR count). The summed E-state index contributed by atoms with van der Waals surface area (Å²) < 4.78 is 17.8. The van der Waals surface area contributed by atoms with Gasteiger partial charge in [-0.15, -0.1) is 0 Å². The summed E-state index contributed by atoms with van der Waals surface area (Å²) in [6, 6.07) is 19.7. The highest BCUT2D eigenvalue weighted by atomic mass is 16.6. The van der Waals surface area contributed by atoms with E-state index in [4.69, 9.17) is 19.3 Å². The minimum atomic E-state index is -0.749. The summed E-state index contributed by atoms with van der Waals surface area (Å²) in [6.07, 6.45) is 2.78. The summed E-state index contributed by atoms with van der Waals surface area (Å²) in [4.78, 5) is 55.8. The Bertz CT molecular complexity index is 1890. The monoisotopic (exact) mass is 665 g/mol. The average molecular weight is 666 g/mol. The lowest BCUT2D eigenvalue weighted by molar-refractivity contribution is 0.00690. The van der Waals surface area contributed by atoms with Crippen LogP contribution in [0.4, 0.5) is 0 Å². The van der Waals surface area contributed by atoms with Gasteiger partial charge in [0.25, 0.3) is 5.91 Å². The van der Waals surface area contributed by atoms with E-state index in [0.29, 0.717) is 54.0 Å². The van der Waals surface area contributed by atoms with Crippen molar-refractivity contribution >= 4 is 23.8 Å². The van der Waals surface area contributed by atoms with Gasteiger partial charge < -0.3 is 19.1 Å². The maximum Gasteiger partial charge on any atom is 0.359 e. The van der Waals surface area contributed by atoms with Crippen molar-refractivity contribution in [3.8, 4) is 16.8 Å². The largest absolute Gasteiger partial charge is 0.465 e. The van der Waals surface area contributed by atoms with Crippen LogP contribution >= 0.6 is 0 Å². The van der Waals surface area contributed by atoms with Crippen LogP contribution in [0.1, 0.15) is 106 Å². The van der Waals surface area contributed by atoms with Crippen molar-refractivity contribution in [2.45, 2.75) is 72.4 Å². The molecular weight excluding hydrogens is 622 g/mol. The van der Waals surface area contributed by atoms with Crippen molar-refractivity contribution < 1.29 is 33.4 Å². The first-order valence-corrected chi connectivity index (χ1v) is 16.7. The fourth-order valence-corrected chi connectivity index (χ4v) is 5.99. The van der Waals surface area contributed by atoms with E-state index in [0.717, 1.165) is 18.4 Å². The molecule has 10 heteroatoms. The molecular formula is C39H43N3O7. The molecule has 0 bridgehead atoms. The number of fused-ring (bicyclic) bond motifs is 1. The lowest BCUT2D eigenvalue weighted by atomic mass is 9.92. The third-order valence-electron chi connectivity index (χ3n) is 8.30. The van der Waals surface area contributed by atoms with Gasteiger partial charge >= 0.3 is 17.9 Å². The Morgan fingerprint density at radius 3 is 2.29 bits per heavy atom. The third kappa shape index (κ3) is 7.74. The van der Waals surface area contributed by atoms with E-state index in [9.17, 15) is 19.2 Å². The zero-order valence-electron chi connectivity index (χ0n) is 29.0. The molecule has 0 saturated heterocycles. The summed E-state index contributed by atoms with van der Waals surface area (Å²) in [5, 5.41) is 4.78. The zero-order chi connectivity index (χ0) is 35.3. The number of ether oxygens (including phenoxy) is 3. The van der Waals surface area contributed by atoms with Crippen LogP contribution in [-0.2, 0) is 33.6 Å². The number of nitrogens with zero attached hydrogens (tertiary/aromatic N) is 3. The molecule has 1 aliphatic rings. The molecule has 1 amide bonds. The number of hydrogen-bond donors (Lipinski definition) is 0. The molecule has 2 heterocycles. The normalized spacial score (nSPS) is 12.7. The molecule has 1 aliphatic heterocycles. The number of benzene rings is 3. The molecule has 0 N–H and O–H groups in total. The minimum Gasteiger partial charge on any atom is -0.465 e. The van der Waals surface area contributed by atoms with Gasteiger partial charge in [0.05, 0.1) is 36.2 Å². The van der Waals surface area contributed by atoms with Gasteiger partial charge in [0.2, 0.25) is 0 Å². The Kier molecular flexibility index (Phi) is 10.7. The maximum absolute atomic E-state index is 14.6. The van der Waals surface area contributed by atoms with Gasteiger partial charge in [-0.1, -0.05) is 49.7 Å². The lowest BCUT2D eigenvalue weighted by Crippen LogP contribution is -2.36. The van der Waals surface area contributed by atoms with Crippen molar-refractivity contribution in [3.05, 3.63) is 106 Å². The van der Waals surface area contributed by atoms with Crippen molar-refractivity contribution in [3.63, 3.8) is 0 Å². The maximum atomic E-state index is 14.6. The Labute approximate surface area is 287 Å². The topological polar surface area (TPSA) is 117 Å². The Balaban J connectivity index is 1.75. The highest BCUT2D eigenvalue weighted by Crippen LogP contribution is 2.36. The number of esters is 3. The van der Waals surface area contributed by atoms with E-state index in [2.05, 4.69) is 13.0 Å². The standard InChI is InChI=1S/C39H43N3O7/c1-7-9-17-32-33(34(38(46)48-8-2)40-42(32)29-16-12-15-26(22-29)36(44)47-6)30-19-18-27(37(45)49-39(3,4)5)23-31(30)35(43)41-21-20-25-13-10-11-14-28(25)24-41/h10-16,18-19,22-23H,7-9,17,20-21,24H2,1-6H3. The van der Waals surface area contributed by atoms with E-state index in [1.54, 1.807) is 79.7 Å². The summed E-state index contributed by atoms with van der Waals surface area (Å²) in [6.45, 7) is 10.1. The summed E-state index contributed by atoms with van der Waals surface area (Å²) in [5.74, 6) is -2.01. The van der Waals surface area contributed by atoms with Crippen LogP contribution in [0, 0.1) is 0 Å². The fraction of sp³-hybridized carbons (Fsp3) is 0.359. The molecule has 0 spiro atoms. The number of methoxy groups -OCH3 is 1. The van der Waals surface area contributed by atoms with Gasteiger partial charge in [-0.25, -0.2) is 19.1 Å². The van der Waals surface area contributed by atoms with Gasteiger partial charge in [-0.3, -0.25) is 4.79 Å². The number of hydrogen-bond acceptors (Lipinski definition) is 8. The lowest BCUT2D eigenvalue weighted by Gasteiger charge is -2.30. The minimum absolute atomic E-state index is 0.0273. The summed E-state index contributed by atoms with van der Waals surface area (Å²) in [5.41, 5.74) is 4.38. The second kappa shape index (κ2) is 14.9. The number of carbonyl (C=O) groups excluding carboxylic acids is 4. The van der Waals surface area contributed by atoms with Gasteiger partial charge in [0.1, 0.15) is 5.60 Å². The summed E-state index contributed by atoms with van der Waals surface area (Å²) in [7, 11) is 1.31. The van der Waals surface area contributed by atoms with Crippen molar-refractivity contribution in [2.75, 3.05) is 20.3 Å². The number of rotatable bonds is 10. The average Bonchev–Trinajstić information content (AvgIpc) is 3.48. The van der Waals surface area contributed by atoms with Crippen LogP contribution in [0.25, 0.3) is 16.8 Å². The molecule has 49 heavy (non-hydrogen) atoms. The van der Waals surface area contributed by atoms with Crippen molar-refractivity contribution in [1.82, 2.24) is 14.7 Å². The van der Waals surface area contributed by atoms with E-state index in [-0.39, 0.29) is 29.3 Å². The van der Waals surface area contributed by atoms with Crippen LogP contribution in [0.5, 0.6) is 0 Å². The zero-order valence-corrected chi connectivity index (χ0v) is 29.0. The number of carbonyl (C=O) groups is 4. The highest BCUT2D eigenvalue weighted by Gasteiger charge is 2.32. The molecule has 10 nitrogen and oxygen atoms in total. The van der Waals surface area contributed by atoms with Crippen LogP contribution in [0.3, 0.4) is 0 Å². The molecule has 0 unspecified atom stereocenters. The quantitative estimate of drug-likeness (QED) is 0.131. The van der Waals surface area contributed by atoms with Crippen LogP contribution in [0.15, 0.2) is 66.7 Å². The smallest absolute Gasteiger partial charge is 0.359 e. The highest BCUT2D eigenvalue weighted by molar-refractivity contribution is 6.07. The molecule has 1 aromatic heterocycles. The molecule has 0 fully saturated rings. The third-order valence-corrected chi connectivity index (χ3v) is 8.30. The second-order valence-corrected chi connectivity index (χ2v) is 13.0. The molecule has 0 atom stereocenters. The molecule has 4 aromatic rings. The number of amides is 1. The summed E-state index contributed by atoms with van der Waals surface area (Å²) >= 11 is 0. The van der Waals surface area contributed by atoms with Crippen molar-refractivity contribution in [2.24, 2.45) is 0 Å². The number of unbranched alkanes of at least 4 members (excludes halogenated alkanes) is 1. The SMILES string of the molecule is CCCCc1c(-c2ccc(C(=O)OC(C)(C)C)cc2C(=O)N2CCc3ccccc3C2)c(C(=O)OCC)nn1-c1cccc(C(=O)OC)c1. The van der Waals surface area contributed by atoms with E-state index < -0.39 is 23.5 Å².